The maximum absolute atomic E-state index is 12.0. The van der Waals surface area contributed by atoms with Crippen molar-refractivity contribution in [2.45, 2.75) is 79.1 Å². The first-order chi connectivity index (χ1) is 8.38. The first-order valence-corrected chi connectivity index (χ1v) is 7.06. The highest BCUT2D eigenvalue weighted by molar-refractivity contribution is 5.68. The van der Waals surface area contributed by atoms with Gasteiger partial charge in [0, 0.05) is 11.5 Å². The molecular formula is C15H29NO3. The molecule has 0 bridgehead atoms. The molecule has 1 amide bonds. The maximum atomic E-state index is 12.0. The summed E-state index contributed by atoms with van der Waals surface area (Å²) in [6.45, 7) is 13.6. The van der Waals surface area contributed by atoms with E-state index in [0.29, 0.717) is 0 Å². The van der Waals surface area contributed by atoms with Crippen molar-refractivity contribution in [1.82, 2.24) is 5.32 Å². The lowest BCUT2D eigenvalue weighted by atomic mass is 9.74. The molecular weight excluding hydrogens is 242 g/mol. The molecule has 112 valence electrons. The minimum Gasteiger partial charge on any atom is -0.444 e. The highest BCUT2D eigenvalue weighted by Crippen LogP contribution is 2.55. The summed E-state index contributed by atoms with van der Waals surface area (Å²) in [6, 6.07) is -0.0881. The van der Waals surface area contributed by atoms with Crippen LogP contribution in [0.3, 0.4) is 0 Å². The van der Waals surface area contributed by atoms with E-state index in [9.17, 15) is 9.90 Å². The molecule has 0 heterocycles. The first-order valence-electron chi connectivity index (χ1n) is 7.06. The lowest BCUT2D eigenvalue weighted by Crippen LogP contribution is -2.53. The number of aliphatic hydroxyl groups excluding tert-OH is 1. The summed E-state index contributed by atoms with van der Waals surface area (Å²) >= 11 is 0. The molecule has 2 atom stereocenters. The monoisotopic (exact) mass is 271 g/mol. The van der Waals surface area contributed by atoms with Crippen LogP contribution in [-0.4, -0.2) is 28.9 Å². The predicted octanol–water partition coefficient (Wildman–Crippen LogP) is 3.09. The molecule has 2 N–H and O–H groups in total. The van der Waals surface area contributed by atoms with E-state index in [1.54, 1.807) is 0 Å². The zero-order valence-electron chi connectivity index (χ0n) is 13.3. The van der Waals surface area contributed by atoms with Crippen LogP contribution in [0.15, 0.2) is 0 Å². The minimum absolute atomic E-state index is 0.0881. The first kappa shape index (κ1) is 16.3. The summed E-state index contributed by atoms with van der Waals surface area (Å²) in [6.07, 6.45) is 1.07. The third-order valence-electron chi connectivity index (χ3n) is 3.76. The highest BCUT2D eigenvalue weighted by atomic mass is 16.6. The van der Waals surface area contributed by atoms with E-state index in [1.807, 2.05) is 27.7 Å². The van der Waals surface area contributed by atoms with Gasteiger partial charge in [0.05, 0.1) is 6.10 Å². The second kappa shape index (κ2) is 4.97. The molecule has 0 saturated heterocycles. The number of carbonyl (C=O) groups is 1. The fourth-order valence-corrected chi connectivity index (χ4v) is 2.74. The number of hydrogen-bond acceptors (Lipinski definition) is 3. The molecule has 1 aliphatic rings. The van der Waals surface area contributed by atoms with Crippen molar-refractivity contribution in [2.24, 2.45) is 10.8 Å². The fourth-order valence-electron chi connectivity index (χ4n) is 2.74. The van der Waals surface area contributed by atoms with Crippen molar-refractivity contribution in [3.63, 3.8) is 0 Å². The number of carbonyl (C=O) groups excluding carboxylic acids is 1. The van der Waals surface area contributed by atoms with Gasteiger partial charge in [-0.15, -0.1) is 0 Å². The summed E-state index contributed by atoms with van der Waals surface area (Å²) in [5.41, 5.74) is -0.826. The largest absolute Gasteiger partial charge is 0.444 e. The molecule has 0 aliphatic heterocycles. The van der Waals surface area contributed by atoms with Crippen LogP contribution in [0.4, 0.5) is 4.79 Å². The molecule has 0 radical (unpaired) electrons. The van der Waals surface area contributed by atoms with E-state index in [0.717, 1.165) is 12.8 Å². The smallest absolute Gasteiger partial charge is 0.407 e. The zero-order chi connectivity index (χ0) is 15.1. The normalized spacial score (nSPS) is 21.5. The Hall–Kier alpha value is -0.770. The number of ether oxygens (including phenoxy) is 1. The second-order valence-corrected chi connectivity index (χ2v) is 7.85. The number of amides is 1. The van der Waals surface area contributed by atoms with Crippen LogP contribution in [-0.2, 0) is 4.74 Å². The lowest BCUT2D eigenvalue weighted by Gasteiger charge is -2.40. The zero-order valence-corrected chi connectivity index (χ0v) is 13.3. The molecule has 0 aromatic rings. The standard InChI is InChI=1S/C15H29NO3/c1-10(17)15(8-9-15)11(13(2,3)4)16-12(18)19-14(5,6)7/h10-11,17H,8-9H2,1-7H3,(H,16,18). The Morgan fingerprint density at radius 3 is 1.95 bits per heavy atom. The minimum atomic E-state index is -0.506. The van der Waals surface area contributed by atoms with Gasteiger partial charge < -0.3 is 15.2 Å². The molecule has 1 rings (SSSR count). The molecule has 19 heavy (non-hydrogen) atoms. The van der Waals surface area contributed by atoms with Crippen molar-refractivity contribution < 1.29 is 14.6 Å². The fraction of sp³-hybridized carbons (Fsp3) is 0.933. The van der Waals surface area contributed by atoms with E-state index in [-0.39, 0.29) is 16.9 Å². The third kappa shape index (κ3) is 4.10. The van der Waals surface area contributed by atoms with Crippen LogP contribution in [0.1, 0.15) is 61.3 Å². The Bertz CT molecular complexity index is 332. The number of alkyl carbamates (subject to hydrolysis) is 1. The van der Waals surface area contributed by atoms with Gasteiger partial charge in [0.2, 0.25) is 0 Å². The van der Waals surface area contributed by atoms with E-state index in [1.165, 1.54) is 0 Å². The predicted molar refractivity (Wildman–Crippen MR) is 76.0 cm³/mol. The van der Waals surface area contributed by atoms with Crippen molar-refractivity contribution in [3.05, 3.63) is 0 Å². The van der Waals surface area contributed by atoms with Gasteiger partial charge in [0.15, 0.2) is 0 Å². The summed E-state index contributed by atoms with van der Waals surface area (Å²) in [5.74, 6) is 0. The Balaban J connectivity index is 2.81. The molecule has 4 nitrogen and oxygen atoms in total. The van der Waals surface area contributed by atoms with Crippen molar-refractivity contribution in [2.75, 3.05) is 0 Å². The van der Waals surface area contributed by atoms with Crippen LogP contribution in [0.25, 0.3) is 0 Å². The summed E-state index contributed by atoms with van der Waals surface area (Å²) < 4.78 is 5.33. The Kier molecular flexibility index (Phi) is 4.26. The number of nitrogens with one attached hydrogen (secondary N) is 1. The van der Waals surface area contributed by atoms with Crippen LogP contribution in [0.5, 0.6) is 0 Å². The van der Waals surface area contributed by atoms with Gasteiger partial charge in [-0.05, 0) is 46.0 Å². The average molecular weight is 271 g/mol. The quantitative estimate of drug-likeness (QED) is 0.829. The van der Waals surface area contributed by atoms with E-state index >= 15 is 0 Å². The lowest BCUT2D eigenvalue weighted by molar-refractivity contribution is 0.0202. The van der Waals surface area contributed by atoms with Gasteiger partial charge in [-0.3, -0.25) is 0 Å². The molecule has 0 aromatic heterocycles. The Morgan fingerprint density at radius 2 is 1.68 bits per heavy atom. The molecule has 4 heteroatoms. The van der Waals surface area contributed by atoms with E-state index < -0.39 is 17.8 Å². The Morgan fingerprint density at radius 1 is 1.21 bits per heavy atom. The summed E-state index contributed by atoms with van der Waals surface area (Å²) in [4.78, 5) is 12.0. The van der Waals surface area contributed by atoms with Crippen LogP contribution >= 0.6 is 0 Å². The summed E-state index contributed by atoms with van der Waals surface area (Å²) in [5, 5.41) is 13.0. The van der Waals surface area contributed by atoms with Gasteiger partial charge >= 0.3 is 6.09 Å². The number of aliphatic hydroxyl groups is 1. The average Bonchev–Trinajstić information content (AvgIpc) is 2.89. The van der Waals surface area contributed by atoms with Gasteiger partial charge in [0.1, 0.15) is 5.60 Å². The van der Waals surface area contributed by atoms with Crippen LogP contribution in [0.2, 0.25) is 0 Å². The number of hydrogen-bond donors (Lipinski definition) is 2. The van der Waals surface area contributed by atoms with Gasteiger partial charge in [-0.25, -0.2) is 4.79 Å². The van der Waals surface area contributed by atoms with Crippen LogP contribution in [0, 0.1) is 10.8 Å². The van der Waals surface area contributed by atoms with Crippen molar-refractivity contribution >= 4 is 6.09 Å². The second-order valence-electron chi connectivity index (χ2n) is 7.85. The highest BCUT2D eigenvalue weighted by Gasteiger charge is 2.57. The van der Waals surface area contributed by atoms with Crippen LogP contribution < -0.4 is 5.32 Å². The molecule has 2 unspecified atom stereocenters. The summed E-state index contributed by atoms with van der Waals surface area (Å²) in [7, 11) is 0. The van der Waals surface area contributed by atoms with Crippen molar-refractivity contribution in [3.8, 4) is 0 Å². The SMILES string of the molecule is CC(O)C1(C(NC(=O)OC(C)(C)C)C(C)(C)C)CC1. The van der Waals surface area contributed by atoms with Gasteiger partial charge in [-0.2, -0.15) is 0 Å². The van der Waals surface area contributed by atoms with Gasteiger partial charge in [0.25, 0.3) is 0 Å². The third-order valence-corrected chi connectivity index (χ3v) is 3.76. The topological polar surface area (TPSA) is 58.6 Å². The maximum Gasteiger partial charge on any atom is 0.407 e. The molecule has 0 aromatic carbocycles. The number of rotatable bonds is 3. The van der Waals surface area contributed by atoms with Crippen molar-refractivity contribution in [1.29, 1.82) is 0 Å². The Labute approximate surface area is 116 Å². The molecule has 1 aliphatic carbocycles. The van der Waals surface area contributed by atoms with Gasteiger partial charge in [-0.1, -0.05) is 20.8 Å². The molecule has 1 saturated carbocycles. The van der Waals surface area contributed by atoms with E-state index in [2.05, 4.69) is 26.1 Å². The molecule has 0 spiro atoms. The molecule has 1 fully saturated rings. The van der Waals surface area contributed by atoms with E-state index in [4.69, 9.17) is 4.74 Å².